The van der Waals surface area contributed by atoms with Crippen LogP contribution in [-0.2, 0) is 10.3 Å². The lowest BCUT2D eigenvalue weighted by atomic mass is 9.72. The molecule has 6 heteroatoms. The number of halogens is 2. The monoisotopic (exact) mass is 467 g/mol. The van der Waals surface area contributed by atoms with E-state index in [2.05, 4.69) is 5.32 Å². The van der Waals surface area contributed by atoms with Gasteiger partial charge in [-0.3, -0.25) is 4.79 Å². The molecule has 34 heavy (non-hydrogen) atoms. The van der Waals surface area contributed by atoms with Crippen molar-refractivity contribution in [2.45, 2.75) is 11.5 Å². The van der Waals surface area contributed by atoms with E-state index in [4.69, 9.17) is 16.7 Å². The van der Waals surface area contributed by atoms with Crippen LogP contribution in [0, 0.1) is 5.82 Å². The zero-order valence-corrected chi connectivity index (χ0v) is 18.7. The predicted octanol–water partition coefficient (Wildman–Crippen LogP) is 6.33. The van der Waals surface area contributed by atoms with Gasteiger partial charge in [-0.2, -0.15) is 5.10 Å². The molecular formula is C28H19ClFN3O. The lowest BCUT2D eigenvalue weighted by molar-refractivity contribution is -0.120. The van der Waals surface area contributed by atoms with Crippen LogP contribution in [0.4, 0.5) is 15.8 Å². The minimum absolute atomic E-state index is 0.0409. The van der Waals surface area contributed by atoms with Crippen molar-refractivity contribution < 1.29 is 9.18 Å². The van der Waals surface area contributed by atoms with Crippen molar-refractivity contribution >= 4 is 34.6 Å². The zero-order valence-electron chi connectivity index (χ0n) is 18.0. The molecule has 0 radical (unpaired) electrons. The van der Waals surface area contributed by atoms with E-state index in [1.807, 2.05) is 91.0 Å². The first-order valence-electron chi connectivity index (χ1n) is 11.0. The van der Waals surface area contributed by atoms with Gasteiger partial charge in [-0.25, -0.2) is 9.40 Å². The molecule has 0 bridgehead atoms. The van der Waals surface area contributed by atoms with E-state index < -0.39 is 17.3 Å². The van der Waals surface area contributed by atoms with E-state index in [0.717, 1.165) is 22.5 Å². The third-order valence-corrected chi connectivity index (χ3v) is 6.79. The number of hydrazone groups is 1. The van der Waals surface area contributed by atoms with Gasteiger partial charge in [-0.05, 0) is 35.4 Å². The average molecular weight is 468 g/mol. The average Bonchev–Trinajstić information content (AvgIpc) is 3.37. The summed E-state index contributed by atoms with van der Waals surface area (Å²) in [5.41, 5.74) is 2.91. The Balaban J connectivity index is 1.70. The first-order valence-corrected chi connectivity index (χ1v) is 11.3. The Morgan fingerprint density at radius 1 is 0.882 bits per heavy atom. The van der Waals surface area contributed by atoms with E-state index >= 15 is 0 Å². The minimum Gasteiger partial charge on any atom is -0.323 e. The predicted molar refractivity (Wildman–Crippen MR) is 133 cm³/mol. The third kappa shape index (κ3) is 2.90. The summed E-state index contributed by atoms with van der Waals surface area (Å²) in [6, 6.07) is 31.9. The van der Waals surface area contributed by atoms with Crippen molar-refractivity contribution in [1.29, 1.82) is 0 Å². The highest BCUT2D eigenvalue weighted by atomic mass is 35.5. The highest BCUT2D eigenvalue weighted by molar-refractivity contribution is 6.31. The molecule has 0 unspecified atom stereocenters. The lowest BCUT2D eigenvalue weighted by Crippen LogP contribution is -2.50. The number of anilines is 2. The SMILES string of the molecule is O=C1Nc2cc(Cl)c(F)cc2[C@]12[C@@H](c1ccccc1)C(c1ccccc1)=NN2c1ccccc1. The number of amides is 1. The Bertz CT molecular complexity index is 1430. The van der Waals surface area contributed by atoms with E-state index in [1.165, 1.54) is 12.1 Å². The molecular weight excluding hydrogens is 449 g/mol. The van der Waals surface area contributed by atoms with Crippen molar-refractivity contribution in [3.05, 3.63) is 131 Å². The molecule has 1 amide bonds. The molecule has 0 saturated carbocycles. The number of nitrogens with zero attached hydrogens (tertiary/aromatic N) is 2. The molecule has 1 spiro atoms. The summed E-state index contributed by atoms with van der Waals surface area (Å²) in [4.78, 5) is 14.0. The normalized spacial score (nSPS) is 20.9. The van der Waals surface area contributed by atoms with Gasteiger partial charge in [0.05, 0.1) is 22.3 Å². The van der Waals surface area contributed by atoms with Gasteiger partial charge in [0.2, 0.25) is 0 Å². The molecule has 0 fully saturated rings. The van der Waals surface area contributed by atoms with Crippen LogP contribution in [-0.4, -0.2) is 11.6 Å². The highest BCUT2D eigenvalue weighted by Gasteiger charge is 2.63. The number of benzene rings is 4. The topological polar surface area (TPSA) is 44.7 Å². The fourth-order valence-electron chi connectivity index (χ4n) is 5.08. The summed E-state index contributed by atoms with van der Waals surface area (Å²) in [6.07, 6.45) is 0. The fourth-order valence-corrected chi connectivity index (χ4v) is 5.24. The Morgan fingerprint density at radius 3 is 2.18 bits per heavy atom. The maximum atomic E-state index is 14.9. The summed E-state index contributed by atoms with van der Waals surface area (Å²) in [7, 11) is 0. The lowest BCUT2D eigenvalue weighted by Gasteiger charge is -2.37. The third-order valence-electron chi connectivity index (χ3n) is 6.50. The summed E-state index contributed by atoms with van der Waals surface area (Å²) in [6.45, 7) is 0. The fraction of sp³-hybridized carbons (Fsp3) is 0.0714. The maximum Gasteiger partial charge on any atom is 0.258 e. The van der Waals surface area contributed by atoms with Crippen LogP contribution in [0.25, 0.3) is 0 Å². The largest absolute Gasteiger partial charge is 0.323 e. The summed E-state index contributed by atoms with van der Waals surface area (Å²) < 4.78 is 14.9. The molecule has 2 atom stereocenters. The van der Waals surface area contributed by atoms with Gasteiger partial charge in [0.1, 0.15) is 5.82 Å². The standard InChI is InChI=1S/C28H19ClFN3O/c29-22-17-24-21(16-23(22)30)28(27(34)31-24)25(18-10-4-1-5-11-18)26(19-12-6-2-7-13-19)32-33(28)20-14-8-3-9-15-20/h1-17,25H,(H,31,34)/t25-,28-/m0/s1. The highest BCUT2D eigenvalue weighted by Crippen LogP contribution is 2.56. The molecule has 0 saturated heterocycles. The van der Waals surface area contributed by atoms with E-state index in [1.54, 1.807) is 5.01 Å². The Labute approximate surface area is 201 Å². The maximum absolute atomic E-state index is 14.9. The van der Waals surface area contributed by atoms with Gasteiger partial charge in [0.15, 0.2) is 5.54 Å². The smallest absolute Gasteiger partial charge is 0.258 e. The number of nitrogens with one attached hydrogen (secondary N) is 1. The zero-order chi connectivity index (χ0) is 23.3. The van der Waals surface area contributed by atoms with Crippen LogP contribution in [0.2, 0.25) is 5.02 Å². The number of rotatable bonds is 3. The number of hydrogen-bond donors (Lipinski definition) is 1. The van der Waals surface area contributed by atoms with Crippen LogP contribution in [0.5, 0.6) is 0 Å². The Morgan fingerprint density at radius 2 is 1.50 bits per heavy atom. The molecule has 0 aliphatic carbocycles. The van der Waals surface area contributed by atoms with Crippen LogP contribution in [0.15, 0.2) is 108 Å². The van der Waals surface area contributed by atoms with Gasteiger partial charge in [-0.1, -0.05) is 90.5 Å². The summed E-state index contributed by atoms with van der Waals surface area (Å²) in [5, 5.41) is 9.72. The van der Waals surface area contributed by atoms with Crippen LogP contribution in [0.1, 0.15) is 22.6 Å². The summed E-state index contributed by atoms with van der Waals surface area (Å²) in [5.74, 6) is -1.36. The molecule has 4 nitrogen and oxygen atoms in total. The summed E-state index contributed by atoms with van der Waals surface area (Å²) >= 11 is 6.10. The second-order valence-electron chi connectivity index (χ2n) is 8.37. The second-order valence-corrected chi connectivity index (χ2v) is 8.78. The van der Waals surface area contributed by atoms with Crippen LogP contribution >= 0.6 is 11.6 Å². The first-order chi connectivity index (χ1) is 16.6. The number of hydrogen-bond acceptors (Lipinski definition) is 3. The minimum atomic E-state index is -1.34. The Kier molecular flexibility index (Phi) is 4.74. The van der Waals surface area contributed by atoms with Gasteiger partial charge >= 0.3 is 0 Å². The molecule has 0 aromatic heterocycles. The number of carbonyl (C=O) groups is 1. The molecule has 2 heterocycles. The Hall–Kier alpha value is -3.96. The first kappa shape index (κ1) is 20.6. The van der Waals surface area contributed by atoms with Gasteiger partial charge in [0.25, 0.3) is 5.91 Å². The van der Waals surface area contributed by atoms with Crippen molar-refractivity contribution in [2.24, 2.45) is 5.10 Å². The molecule has 1 N–H and O–H groups in total. The molecule has 4 aromatic rings. The van der Waals surface area contributed by atoms with E-state index in [9.17, 15) is 9.18 Å². The molecule has 2 aliphatic heterocycles. The molecule has 6 rings (SSSR count). The number of para-hydroxylation sites is 1. The number of carbonyl (C=O) groups excluding carboxylic acids is 1. The van der Waals surface area contributed by atoms with Crippen molar-refractivity contribution in [1.82, 2.24) is 0 Å². The number of fused-ring (bicyclic) bond motifs is 2. The van der Waals surface area contributed by atoms with E-state index in [-0.39, 0.29) is 10.9 Å². The van der Waals surface area contributed by atoms with Crippen molar-refractivity contribution in [3.63, 3.8) is 0 Å². The molecule has 166 valence electrons. The van der Waals surface area contributed by atoms with Crippen molar-refractivity contribution in [3.8, 4) is 0 Å². The van der Waals surface area contributed by atoms with Crippen molar-refractivity contribution in [2.75, 3.05) is 10.3 Å². The van der Waals surface area contributed by atoms with Crippen LogP contribution in [0.3, 0.4) is 0 Å². The van der Waals surface area contributed by atoms with Crippen LogP contribution < -0.4 is 10.3 Å². The second kappa shape index (κ2) is 7.82. The molecule has 4 aromatic carbocycles. The van der Waals surface area contributed by atoms with E-state index in [0.29, 0.717) is 11.3 Å². The van der Waals surface area contributed by atoms with Gasteiger partial charge in [0, 0.05) is 11.3 Å². The van der Waals surface area contributed by atoms with Gasteiger partial charge < -0.3 is 5.32 Å². The quantitative estimate of drug-likeness (QED) is 0.382. The van der Waals surface area contributed by atoms with Gasteiger partial charge in [-0.15, -0.1) is 0 Å². The molecule has 2 aliphatic rings.